The van der Waals surface area contributed by atoms with Crippen LogP contribution >= 0.6 is 11.8 Å². The Morgan fingerprint density at radius 2 is 1.64 bits per heavy atom. The number of amides is 1. The van der Waals surface area contributed by atoms with E-state index in [1.54, 1.807) is 0 Å². The molecule has 0 saturated carbocycles. The van der Waals surface area contributed by atoms with Gasteiger partial charge in [0.05, 0.1) is 0 Å². The molecule has 2 aromatic carbocycles. The molecule has 0 unspecified atom stereocenters. The van der Waals surface area contributed by atoms with Crippen molar-refractivity contribution in [3.63, 3.8) is 0 Å². The Morgan fingerprint density at radius 1 is 1.11 bits per heavy atom. The van der Waals surface area contributed by atoms with E-state index in [2.05, 4.69) is 4.85 Å². The molecule has 2 aliphatic heterocycles. The quantitative estimate of drug-likeness (QED) is 0.453. The Hall–Kier alpha value is -2.78. The van der Waals surface area contributed by atoms with Gasteiger partial charge in [-0.05, 0) is 25.0 Å². The summed E-state index contributed by atoms with van der Waals surface area (Å²) in [6, 6.07) is 17.7. The Bertz CT molecular complexity index is 900. The molecule has 5 nitrogen and oxygen atoms in total. The van der Waals surface area contributed by atoms with Crippen LogP contribution in [0.3, 0.4) is 0 Å². The highest BCUT2D eigenvalue weighted by Crippen LogP contribution is 2.52. The normalized spacial score (nSPS) is 25.0. The first-order valence-electron chi connectivity index (χ1n) is 9.11. The Morgan fingerprint density at radius 3 is 2.14 bits per heavy atom. The number of esters is 1. The Kier molecular flexibility index (Phi) is 4.64. The summed E-state index contributed by atoms with van der Waals surface area (Å²) in [7, 11) is 0. The Balaban J connectivity index is 1.64. The van der Waals surface area contributed by atoms with E-state index in [-0.39, 0.29) is 11.3 Å². The molecule has 4 rings (SSSR count). The van der Waals surface area contributed by atoms with Crippen LogP contribution in [0.1, 0.15) is 31.1 Å². The predicted molar refractivity (Wildman–Crippen MR) is 107 cm³/mol. The number of nitrogens with zero attached hydrogens (tertiary/aromatic N) is 2. The zero-order valence-electron chi connectivity index (χ0n) is 15.6. The van der Waals surface area contributed by atoms with Crippen LogP contribution in [0.4, 0.5) is 0 Å². The fourth-order valence-corrected chi connectivity index (χ4v) is 5.46. The van der Waals surface area contributed by atoms with Crippen LogP contribution in [0.2, 0.25) is 0 Å². The average molecular weight is 392 g/mol. The second kappa shape index (κ2) is 6.99. The van der Waals surface area contributed by atoms with Gasteiger partial charge >= 0.3 is 17.9 Å². The molecule has 2 aliphatic rings. The minimum Gasteiger partial charge on any atom is -0.451 e. The second-order valence-electron chi connectivity index (χ2n) is 7.47. The van der Waals surface area contributed by atoms with Crippen molar-refractivity contribution >= 4 is 23.6 Å². The zero-order valence-corrected chi connectivity index (χ0v) is 16.4. The van der Waals surface area contributed by atoms with Gasteiger partial charge in [0.25, 0.3) is 0 Å². The lowest BCUT2D eigenvalue weighted by molar-refractivity contribution is -0.164. The molecule has 0 aliphatic carbocycles. The monoisotopic (exact) mass is 392 g/mol. The lowest BCUT2D eigenvalue weighted by Gasteiger charge is -2.37. The maximum absolute atomic E-state index is 13.2. The molecule has 0 radical (unpaired) electrons. The summed E-state index contributed by atoms with van der Waals surface area (Å²) in [6.45, 7) is 11.1. The molecule has 142 valence electrons. The molecule has 0 N–H and O–H groups in total. The topological polar surface area (TPSA) is 51.0 Å². The van der Waals surface area contributed by atoms with E-state index in [1.807, 2.05) is 74.5 Å². The van der Waals surface area contributed by atoms with Gasteiger partial charge in [-0.25, -0.2) is 11.4 Å². The first-order chi connectivity index (χ1) is 13.4. The van der Waals surface area contributed by atoms with E-state index in [0.717, 1.165) is 11.1 Å². The third kappa shape index (κ3) is 2.96. The van der Waals surface area contributed by atoms with Gasteiger partial charge in [0.2, 0.25) is 0 Å². The van der Waals surface area contributed by atoms with Gasteiger partial charge in [-0.2, -0.15) is 0 Å². The molecule has 2 fully saturated rings. The molecule has 0 spiro atoms. The van der Waals surface area contributed by atoms with Crippen LogP contribution in [-0.2, 0) is 14.3 Å². The lowest BCUT2D eigenvalue weighted by Crippen LogP contribution is -2.64. The van der Waals surface area contributed by atoms with Crippen molar-refractivity contribution in [2.45, 2.75) is 42.2 Å². The fourth-order valence-electron chi connectivity index (χ4n) is 3.86. The average Bonchev–Trinajstić information content (AvgIpc) is 2.95. The maximum atomic E-state index is 13.2. The minimum atomic E-state index is -0.706. The predicted octanol–water partition coefficient (Wildman–Crippen LogP) is 3.67. The van der Waals surface area contributed by atoms with Gasteiger partial charge < -0.3 is 9.64 Å². The van der Waals surface area contributed by atoms with E-state index in [4.69, 9.17) is 11.3 Å². The van der Waals surface area contributed by atoms with Crippen molar-refractivity contribution in [3.05, 3.63) is 83.2 Å². The van der Waals surface area contributed by atoms with E-state index < -0.39 is 28.9 Å². The highest BCUT2D eigenvalue weighted by atomic mass is 32.2. The molecule has 3 atom stereocenters. The molecule has 2 aromatic rings. The van der Waals surface area contributed by atoms with Crippen LogP contribution in [0, 0.1) is 6.57 Å². The van der Waals surface area contributed by atoms with E-state index >= 15 is 0 Å². The molecular weight excluding hydrogens is 372 g/mol. The highest BCUT2D eigenvalue weighted by molar-refractivity contribution is 8.01. The summed E-state index contributed by atoms with van der Waals surface area (Å²) in [5.41, 5.74) is 1.74. The number of thioether (sulfide) groups is 1. The van der Waals surface area contributed by atoms with Crippen LogP contribution < -0.4 is 0 Å². The number of carbonyl (C=O) groups excluding carboxylic acids is 2. The highest BCUT2D eigenvalue weighted by Gasteiger charge is 2.68. The molecule has 28 heavy (non-hydrogen) atoms. The summed E-state index contributed by atoms with van der Waals surface area (Å²) in [6.07, 6.45) is -0.553. The fraction of sp³-hybridized carbons (Fsp3) is 0.318. The van der Waals surface area contributed by atoms with Crippen molar-refractivity contribution in [1.29, 1.82) is 0 Å². The number of hydrogen-bond acceptors (Lipinski definition) is 4. The summed E-state index contributed by atoms with van der Waals surface area (Å²) < 4.78 is 5.47. The molecule has 2 saturated heterocycles. The molecule has 1 amide bonds. The van der Waals surface area contributed by atoms with Crippen LogP contribution in [0.25, 0.3) is 4.85 Å². The van der Waals surface area contributed by atoms with Gasteiger partial charge in [0.1, 0.15) is 6.04 Å². The number of rotatable bonds is 4. The van der Waals surface area contributed by atoms with Crippen LogP contribution in [0.5, 0.6) is 0 Å². The molecule has 2 heterocycles. The maximum Gasteiger partial charge on any atom is 0.331 e. The van der Waals surface area contributed by atoms with Crippen molar-refractivity contribution < 1.29 is 14.3 Å². The Labute approximate surface area is 168 Å². The largest absolute Gasteiger partial charge is 0.451 e. The smallest absolute Gasteiger partial charge is 0.331 e. The van der Waals surface area contributed by atoms with Crippen molar-refractivity contribution in [2.75, 3.05) is 0 Å². The van der Waals surface area contributed by atoms with Gasteiger partial charge in [0, 0.05) is 4.75 Å². The zero-order chi connectivity index (χ0) is 19.9. The van der Waals surface area contributed by atoms with Crippen molar-refractivity contribution in [3.8, 4) is 0 Å². The summed E-state index contributed by atoms with van der Waals surface area (Å²) in [5.74, 6) is -0.717. The first kappa shape index (κ1) is 18.6. The van der Waals surface area contributed by atoms with Gasteiger partial charge in [0.15, 0.2) is 11.5 Å². The first-order valence-corrected chi connectivity index (χ1v) is 9.99. The lowest BCUT2D eigenvalue weighted by atomic mass is 9.95. The minimum absolute atomic E-state index is 0.274. The summed E-state index contributed by atoms with van der Waals surface area (Å²) in [5, 5.41) is -0.274. The standard InChI is InChI=1S/C22H20N2O3S/c1-22(2)18(24-19(25)16(23-3)20(24)28-22)21(26)27-17(14-10-6-4-7-11-14)15-12-8-5-9-13-15/h4-13,16-18,20H,1-2H3/t16-,18+,20-/m1/s1. The number of β-lactam (4-membered cyclic amide) rings is 1. The summed E-state index contributed by atoms with van der Waals surface area (Å²) in [4.78, 5) is 30.6. The van der Waals surface area contributed by atoms with Gasteiger partial charge in [-0.3, -0.25) is 9.64 Å². The van der Waals surface area contributed by atoms with Gasteiger partial charge in [-0.15, -0.1) is 11.8 Å². The van der Waals surface area contributed by atoms with E-state index in [1.165, 1.54) is 16.7 Å². The third-order valence-corrected chi connectivity index (χ3v) is 6.77. The van der Waals surface area contributed by atoms with Crippen LogP contribution in [-0.4, -0.2) is 39.0 Å². The van der Waals surface area contributed by atoms with E-state index in [9.17, 15) is 9.59 Å². The number of carbonyl (C=O) groups is 2. The van der Waals surface area contributed by atoms with Crippen LogP contribution in [0.15, 0.2) is 60.7 Å². The number of ether oxygens (including phenoxy) is 1. The molecule has 6 heteroatoms. The number of hydrogen-bond donors (Lipinski definition) is 0. The third-order valence-electron chi connectivity index (χ3n) is 5.21. The molecule has 0 bridgehead atoms. The second-order valence-corrected chi connectivity index (χ2v) is 9.24. The van der Waals surface area contributed by atoms with Crippen molar-refractivity contribution in [2.24, 2.45) is 0 Å². The van der Waals surface area contributed by atoms with Crippen molar-refractivity contribution in [1.82, 2.24) is 4.90 Å². The molecule has 0 aromatic heterocycles. The number of benzene rings is 2. The van der Waals surface area contributed by atoms with Gasteiger partial charge in [-0.1, -0.05) is 60.7 Å². The molecular formula is C22H20N2O3S. The van der Waals surface area contributed by atoms with E-state index in [0.29, 0.717) is 0 Å². The summed E-state index contributed by atoms with van der Waals surface area (Å²) >= 11 is 1.50. The number of fused-ring (bicyclic) bond motifs is 1. The SMILES string of the molecule is [C-]#[N+][C@@H]1C(=O)N2[C@@H]1SC(C)(C)[C@@H]2C(=O)OC(c1ccccc1)c1ccccc1.